The van der Waals surface area contributed by atoms with Crippen LogP contribution in [-0.4, -0.2) is 55.9 Å². The number of anilines is 3. The molecule has 10 nitrogen and oxygen atoms in total. The highest BCUT2D eigenvalue weighted by Crippen LogP contribution is 2.37. The molecule has 0 radical (unpaired) electrons. The molecule has 1 aliphatic heterocycles. The third-order valence-electron chi connectivity index (χ3n) is 6.52. The summed E-state index contributed by atoms with van der Waals surface area (Å²) in [5.74, 6) is -1.54. The lowest BCUT2D eigenvalue weighted by molar-refractivity contribution is -0.122. The van der Waals surface area contributed by atoms with Gasteiger partial charge in [0.1, 0.15) is 17.2 Å². The van der Waals surface area contributed by atoms with Gasteiger partial charge >= 0.3 is 0 Å². The van der Waals surface area contributed by atoms with Crippen LogP contribution in [0.1, 0.15) is 31.7 Å². The van der Waals surface area contributed by atoms with Crippen LogP contribution in [0.4, 0.5) is 26.4 Å². The predicted molar refractivity (Wildman–Crippen MR) is 124 cm³/mol. The second-order valence-electron chi connectivity index (χ2n) is 8.84. The van der Waals surface area contributed by atoms with Crippen LogP contribution in [0.2, 0.25) is 5.02 Å². The zero-order chi connectivity index (χ0) is 24.7. The molecule has 1 amide bonds. The number of imidazole rings is 1. The van der Waals surface area contributed by atoms with Crippen molar-refractivity contribution in [3.8, 4) is 0 Å². The van der Waals surface area contributed by atoms with Gasteiger partial charge in [-0.15, -0.1) is 0 Å². The monoisotopic (exact) mass is 507 g/mol. The van der Waals surface area contributed by atoms with Crippen molar-refractivity contribution >= 4 is 46.3 Å². The van der Waals surface area contributed by atoms with Gasteiger partial charge in [0, 0.05) is 18.0 Å². The van der Waals surface area contributed by atoms with Crippen LogP contribution >= 0.6 is 11.6 Å². The fourth-order valence-electron chi connectivity index (χ4n) is 4.60. The number of rotatable bonds is 6. The molecule has 13 heteroatoms. The molecular formula is C22H24ClF2N7O3. The number of carbonyl (C=O) groups excluding carboxylic acids is 1. The van der Waals surface area contributed by atoms with Gasteiger partial charge in [-0.3, -0.25) is 9.36 Å². The number of aromatic nitrogens is 4. The quantitative estimate of drug-likeness (QED) is 0.373. The Morgan fingerprint density at radius 2 is 1.94 bits per heavy atom. The van der Waals surface area contributed by atoms with E-state index in [0.29, 0.717) is 43.5 Å². The number of hydrogen-bond acceptors (Lipinski definition) is 8. The van der Waals surface area contributed by atoms with E-state index < -0.39 is 17.7 Å². The average Bonchev–Trinajstić information content (AvgIpc) is 3.40. The Morgan fingerprint density at radius 1 is 1.17 bits per heavy atom. The summed E-state index contributed by atoms with van der Waals surface area (Å²) in [6.07, 6.45) is 3.24. The minimum Gasteiger partial charge on any atom is -0.388 e. The Hall–Kier alpha value is -3.09. The summed E-state index contributed by atoms with van der Waals surface area (Å²) in [5.41, 5.74) is 6.26. The molecule has 0 bridgehead atoms. The molecule has 186 valence electrons. The lowest BCUT2D eigenvalue weighted by Crippen LogP contribution is -2.32. The van der Waals surface area contributed by atoms with Crippen LogP contribution < -0.4 is 16.4 Å². The summed E-state index contributed by atoms with van der Waals surface area (Å²) in [6, 6.07) is 1.37. The average molecular weight is 508 g/mol. The Kier molecular flexibility index (Phi) is 6.43. The van der Waals surface area contributed by atoms with Crippen LogP contribution in [0, 0.1) is 17.6 Å². The van der Waals surface area contributed by atoms with Crippen LogP contribution in [0.5, 0.6) is 0 Å². The second-order valence-corrected chi connectivity index (χ2v) is 9.25. The summed E-state index contributed by atoms with van der Waals surface area (Å²) in [4.78, 5) is 25.1. The fourth-order valence-corrected chi connectivity index (χ4v) is 4.75. The van der Waals surface area contributed by atoms with Gasteiger partial charge in [-0.2, -0.15) is 4.98 Å². The molecule has 1 unspecified atom stereocenters. The number of ether oxygens (including phenoxy) is 1. The number of halogens is 3. The first-order valence-corrected chi connectivity index (χ1v) is 11.7. The number of primary amides is 1. The summed E-state index contributed by atoms with van der Waals surface area (Å²) in [7, 11) is 0. The summed E-state index contributed by atoms with van der Waals surface area (Å²) < 4.78 is 35.7. The van der Waals surface area contributed by atoms with Crippen LogP contribution in [0.25, 0.3) is 11.2 Å². The van der Waals surface area contributed by atoms with Crippen LogP contribution in [0.15, 0.2) is 18.3 Å². The summed E-state index contributed by atoms with van der Waals surface area (Å²) in [5, 5.41) is 15.7. The van der Waals surface area contributed by atoms with Crippen molar-refractivity contribution < 1.29 is 23.4 Å². The maximum Gasteiger partial charge on any atom is 0.225 e. The molecule has 2 atom stereocenters. The lowest BCUT2D eigenvalue weighted by Gasteiger charge is -2.29. The Labute approximate surface area is 203 Å². The van der Waals surface area contributed by atoms with Gasteiger partial charge in [0.2, 0.25) is 17.8 Å². The molecule has 2 aliphatic rings. The molecule has 3 heterocycles. The molecule has 1 saturated carbocycles. The zero-order valence-electron chi connectivity index (χ0n) is 18.5. The van der Waals surface area contributed by atoms with Crippen molar-refractivity contribution in [1.29, 1.82) is 0 Å². The first kappa shape index (κ1) is 23.6. The van der Waals surface area contributed by atoms with Crippen LogP contribution in [-0.2, 0) is 9.53 Å². The van der Waals surface area contributed by atoms with Gasteiger partial charge < -0.3 is 26.2 Å². The molecule has 35 heavy (non-hydrogen) atoms. The predicted octanol–water partition coefficient (Wildman–Crippen LogP) is 2.89. The molecule has 2 aromatic heterocycles. The van der Waals surface area contributed by atoms with E-state index in [9.17, 15) is 18.7 Å². The van der Waals surface area contributed by atoms with E-state index in [4.69, 9.17) is 22.1 Å². The molecule has 2 fully saturated rings. The van der Waals surface area contributed by atoms with Gasteiger partial charge in [-0.25, -0.2) is 18.7 Å². The number of fused-ring (bicyclic) bond motifs is 1. The van der Waals surface area contributed by atoms with Gasteiger partial charge in [-0.1, -0.05) is 11.6 Å². The Bertz CT molecular complexity index is 1270. The van der Waals surface area contributed by atoms with E-state index in [2.05, 4.69) is 25.6 Å². The third-order valence-corrected chi connectivity index (χ3v) is 6.81. The summed E-state index contributed by atoms with van der Waals surface area (Å²) >= 11 is 5.69. The molecule has 1 aliphatic carbocycles. The van der Waals surface area contributed by atoms with Crippen molar-refractivity contribution in [3.05, 3.63) is 35.0 Å². The molecule has 1 aromatic carbocycles. The van der Waals surface area contributed by atoms with E-state index in [1.165, 1.54) is 6.20 Å². The SMILES string of the molecule is NC(=O)C1CCC(n2c(Nc3cc(F)c(Cl)cc3F)nc3cnc(NC4COC[C@H]4O)nc32)CC1. The van der Waals surface area contributed by atoms with E-state index in [-0.39, 0.29) is 53.1 Å². The van der Waals surface area contributed by atoms with E-state index in [1.54, 1.807) is 0 Å². The van der Waals surface area contributed by atoms with Gasteiger partial charge in [0.25, 0.3) is 0 Å². The maximum atomic E-state index is 14.5. The Morgan fingerprint density at radius 3 is 2.63 bits per heavy atom. The number of carbonyl (C=O) groups is 1. The number of nitrogens with two attached hydrogens (primary N) is 1. The van der Waals surface area contributed by atoms with Crippen molar-refractivity contribution in [3.63, 3.8) is 0 Å². The van der Waals surface area contributed by atoms with Gasteiger partial charge in [0.05, 0.1) is 42.3 Å². The van der Waals surface area contributed by atoms with Crippen molar-refractivity contribution in [2.75, 3.05) is 23.8 Å². The Balaban J connectivity index is 1.53. The lowest BCUT2D eigenvalue weighted by atomic mass is 9.85. The maximum absolute atomic E-state index is 14.5. The second kappa shape index (κ2) is 9.51. The highest BCUT2D eigenvalue weighted by molar-refractivity contribution is 6.30. The zero-order valence-corrected chi connectivity index (χ0v) is 19.3. The molecular weight excluding hydrogens is 484 g/mol. The smallest absolute Gasteiger partial charge is 0.225 e. The largest absolute Gasteiger partial charge is 0.388 e. The molecule has 0 spiro atoms. The minimum atomic E-state index is -0.774. The first-order chi connectivity index (χ1) is 16.8. The fraction of sp³-hybridized carbons (Fsp3) is 0.455. The van der Waals surface area contributed by atoms with E-state index in [0.717, 1.165) is 12.1 Å². The van der Waals surface area contributed by atoms with Gasteiger partial charge in [-0.05, 0) is 31.7 Å². The number of nitrogens with zero attached hydrogens (tertiary/aromatic N) is 4. The molecule has 1 saturated heterocycles. The number of amides is 1. The standard InChI is InChI=1S/C22H24ClF2N7O3/c23-12-5-14(25)15(6-13(12)24)29-22-30-16-7-27-21(28-17-8-35-9-18(17)33)31-20(16)32(22)11-3-1-10(2-4-11)19(26)34/h5-7,10-11,17-18,33H,1-4,8-9H2,(H2,26,34)(H,29,30)(H,27,28,31)/t10?,11?,17?,18-/m1/s1. The third kappa shape index (κ3) is 4.73. The number of benzene rings is 1. The van der Waals surface area contributed by atoms with Crippen molar-refractivity contribution in [1.82, 2.24) is 19.5 Å². The molecule has 5 N–H and O–H groups in total. The van der Waals surface area contributed by atoms with E-state index >= 15 is 0 Å². The highest BCUT2D eigenvalue weighted by Gasteiger charge is 2.30. The highest BCUT2D eigenvalue weighted by atomic mass is 35.5. The van der Waals surface area contributed by atoms with E-state index in [1.807, 2.05) is 4.57 Å². The number of nitrogens with one attached hydrogen (secondary N) is 2. The van der Waals surface area contributed by atoms with Gasteiger partial charge in [0.15, 0.2) is 5.65 Å². The normalized spacial score (nSPS) is 24.6. The number of hydrogen-bond donors (Lipinski definition) is 4. The van der Waals surface area contributed by atoms with Crippen LogP contribution in [0.3, 0.4) is 0 Å². The minimum absolute atomic E-state index is 0.124. The van der Waals surface area contributed by atoms with Crippen molar-refractivity contribution in [2.45, 2.75) is 43.9 Å². The number of aliphatic hydroxyl groups excluding tert-OH is 1. The topological polar surface area (TPSA) is 140 Å². The first-order valence-electron chi connectivity index (χ1n) is 11.3. The molecule has 3 aromatic rings. The van der Waals surface area contributed by atoms with Crippen molar-refractivity contribution in [2.24, 2.45) is 11.7 Å². The number of aliphatic hydroxyl groups is 1. The summed E-state index contributed by atoms with van der Waals surface area (Å²) in [6.45, 7) is 0.533. The molecule has 5 rings (SSSR count).